The van der Waals surface area contributed by atoms with Gasteiger partial charge in [0.15, 0.2) is 5.96 Å². The molecule has 0 atom stereocenters. The molecule has 0 aliphatic carbocycles. The molecular weight excluding hydrogens is 422 g/mol. The highest BCUT2D eigenvalue weighted by Gasteiger charge is 2.13. The van der Waals surface area contributed by atoms with Crippen molar-refractivity contribution in [3.8, 4) is 5.75 Å². The fourth-order valence-electron chi connectivity index (χ4n) is 1.70. The van der Waals surface area contributed by atoms with E-state index in [-0.39, 0.29) is 41.8 Å². The van der Waals surface area contributed by atoms with Crippen molar-refractivity contribution >= 4 is 29.9 Å². The predicted molar refractivity (Wildman–Crippen MR) is 96.1 cm³/mol. The lowest BCUT2D eigenvalue weighted by molar-refractivity contribution is -0.0506. The summed E-state index contributed by atoms with van der Waals surface area (Å²) >= 11 is 0. The molecule has 8 heteroatoms. The highest BCUT2D eigenvalue weighted by molar-refractivity contribution is 14.0. The third-order valence-electron chi connectivity index (χ3n) is 2.71. The van der Waals surface area contributed by atoms with Gasteiger partial charge in [-0.3, -0.25) is 0 Å². The van der Waals surface area contributed by atoms with Crippen LogP contribution in [0.1, 0.15) is 26.3 Å². The zero-order valence-electron chi connectivity index (χ0n) is 13.4. The minimum Gasteiger partial charge on any atom is -0.434 e. The SMILES string of the molecule is CCNC(=NCc1c(F)cccc1OC(F)F)NCC(C)C.I. The van der Waals surface area contributed by atoms with Crippen LogP contribution in [0.3, 0.4) is 0 Å². The molecule has 0 radical (unpaired) electrons. The lowest BCUT2D eigenvalue weighted by Crippen LogP contribution is -2.39. The number of hydrogen-bond acceptors (Lipinski definition) is 2. The van der Waals surface area contributed by atoms with Crippen LogP contribution in [0.15, 0.2) is 23.2 Å². The van der Waals surface area contributed by atoms with Gasteiger partial charge < -0.3 is 15.4 Å². The van der Waals surface area contributed by atoms with Crippen LogP contribution in [-0.4, -0.2) is 25.7 Å². The smallest absolute Gasteiger partial charge is 0.387 e. The quantitative estimate of drug-likeness (QED) is 0.382. The first-order chi connectivity index (χ1) is 10.4. The van der Waals surface area contributed by atoms with Crippen LogP contribution in [0.25, 0.3) is 0 Å². The summed E-state index contributed by atoms with van der Waals surface area (Å²) < 4.78 is 42.9. The molecular formula is C15H23F3IN3O. The van der Waals surface area contributed by atoms with Crippen LogP contribution in [0, 0.1) is 11.7 Å². The van der Waals surface area contributed by atoms with Crippen molar-refractivity contribution in [3.63, 3.8) is 0 Å². The monoisotopic (exact) mass is 445 g/mol. The van der Waals surface area contributed by atoms with E-state index in [0.717, 1.165) is 0 Å². The summed E-state index contributed by atoms with van der Waals surface area (Å²) in [7, 11) is 0. The molecule has 0 aliphatic rings. The Labute approximate surface area is 151 Å². The Morgan fingerprint density at radius 1 is 1.26 bits per heavy atom. The van der Waals surface area contributed by atoms with Gasteiger partial charge in [-0.15, -0.1) is 24.0 Å². The minimum atomic E-state index is -3.00. The summed E-state index contributed by atoms with van der Waals surface area (Å²) in [4.78, 5) is 4.21. The Bertz CT molecular complexity index is 499. The molecule has 0 aliphatic heterocycles. The molecule has 0 saturated carbocycles. The maximum absolute atomic E-state index is 13.8. The van der Waals surface area contributed by atoms with Gasteiger partial charge in [0.1, 0.15) is 11.6 Å². The molecule has 1 aromatic carbocycles. The van der Waals surface area contributed by atoms with Crippen LogP contribution in [0.5, 0.6) is 5.75 Å². The Hall–Kier alpha value is -1.19. The first kappa shape index (κ1) is 21.8. The molecule has 0 fully saturated rings. The molecule has 0 unspecified atom stereocenters. The van der Waals surface area contributed by atoms with Gasteiger partial charge in [-0.25, -0.2) is 9.38 Å². The van der Waals surface area contributed by atoms with Gasteiger partial charge >= 0.3 is 6.61 Å². The van der Waals surface area contributed by atoms with Gasteiger partial charge in [-0.1, -0.05) is 19.9 Å². The molecule has 1 rings (SSSR count). The van der Waals surface area contributed by atoms with E-state index in [9.17, 15) is 13.2 Å². The van der Waals surface area contributed by atoms with Crippen LogP contribution < -0.4 is 15.4 Å². The number of guanidine groups is 1. The largest absolute Gasteiger partial charge is 0.434 e. The van der Waals surface area contributed by atoms with Crippen molar-refractivity contribution in [2.75, 3.05) is 13.1 Å². The van der Waals surface area contributed by atoms with Crippen LogP contribution in [-0.2, 0) is 6.54 Å². The van der Waals surface area contributed by atoms with Crippen molar-refractivity contribution in [2.24, 2.45) is 10.9 Å². The van der Waals surface area contributed by atoms with Crippen LogP contribution in [0.2, 0.25) is 0 Å². The second-order valence-electron chi connectivity index (χ2n) is 5.06. The molecule has 0 amide bonds. The van der Waals surface area contributed by atoms with Crippen LogP contribution in [0.4, 0.5) is 13.2 Å². The van der Waals surface area contributed by atoms with E-state index >= 15 is 0 Å². The Balaban J connectivity index is 0.00000484. The van der Waals surface area contributed by atoms with Gasteiger partial charge in [-0.05, 0) is 25.0 Å². The number of aliphatic imine (C=N–C) groups is 1. The van der Waals surface area contributed by atoms with E-state index < -0.39 is 12.4 Å². The second kappa shape index (κ2) is 11.4. The molecule has 2 N–H and O–H groups in total. The first-order valence-corrected chi connectivity index (χ1v) is 7.18. The van der Waals surface area contributed by atoms with Gasteiger partial charge in [0.05, 0.1) is 12.1 Å². The number of benzene rings is 1. The summed E-state index contributed by atoms with van der Waals surface area (Å²) in [6, 6.07) is 3.81. The molecule has 0 bridgehead atoms. The maximum atomic E-state index is 13.8. The third-order valence-corrected chi connectivity index (χ3v) is 2.71. The average molecular weight is 445 g/mol. The van der Waals surface area contributed by atoms with Crippen molar-refractivity contribution in [1.82, 2.24) is 10.6 Å². The van der Waals surface area contributed by atoms with Crippen molar-refractivity contribution in [3.05, 3.63) is 29.6 Å². The number of ether oxygens (including phenoxy) is 1. The number of nitrogens with zero attached hydrogens (tertiary/aromatic N) is 1. The zero-order valence-corrected chi connectivity index (χ0v) is 15.7. The van der Waals surface area contributed by atoms with E-state index in [2.05, 4.69) is 20.4 Å². The predicted octanol–water partition coefficient (Wildman–Crippen LogP) is 3.76. The van der Waals surface area contributed by atoms with E-state index in [1.54, 1.807) is 0 Å². The van der Waals surface area contributed by atoms with Gasteiger partial charge in [0.25, 0.3) is 0 Å². The average Bonchev–Trinajstić information content (AvgIpc) is 2.43. The highest BCUT2D eigenvalue weighted by Crippen LogP contribution is 2.24. The molecule has 4 nitrogen and oxygen atoms in total. The standard InChI is InChI=1S/C15H22F3N3O.HI/c1-4-19-15(20-8-10(2)3)21-9-11-12(16)6-5-7-13(11)22-14(17)18;/h5-7,10,14H,4,8-9H2,1-3H3,(H2,19,20,21);1H. The Kier molecular flexibility index (Phi) is 10.8. The van der Waals surface area contributed by atoms with Crippen molar-refractivity contribution in [2.45, 2.75) is 33.9 Å². The maximum Gasteiger partial charge on any atom is 0.387 e. The van der Waals surface area contributed by atoms with Gasteiger partial charge in [-0.2, -0.15) is 8.78 Å². The number of hydrogen-bond donors (Lipinski definition) is 2. The number of nitrogens with one attached hydrogen (secondary N) is 2. The summed E-state index contributed by atoms with van der Waals surface area (Å²) in [5, 5.41) is 6.11. The summed E-state index contributed by atoms with van der Waals surface area (Å²) in [6.45, 7) is 4.23. The lowest BCUT2D eigenvalue weighted by atomic mass is 10.2. The molecule has 132 valence electrons. The van der Waals surface area contributed by atoms with Gasteiger partial charge in [0, 0.05) is 13.1 Å². The minimum absolute atomic E-state index is 0. The molecule has 0 saturated heterocycles. The molecule has 1 aromatic rings. The van der Waals surface area contributed by atoms with Crippen LogP contribution >= 0.6 is 24.0 Å². The Morgan fingerprint density at radius 2 is 1.96 bits per heavy atom. The summed E-state index contributed by atoms with van der Waals surface area (Å²) in [5.74, 6) is 0.0950. The third kappa shape index (κ3) is 8.29. The lowest BCUT2D eigenvalue weighted by Gasteiger charge is -2.14. The fraction of sp³-hybridized carbons (Fsp3) is 0.533. The Morgan fingerprint density at radius 3 is 2.52 bits per heavy atom. The molecule has 23 heavy (non-hydrogen) atoms. The zero-order chi connectivity index (χ0) is 16.5. The van der Waals surface area contributed by atoms with E-state index in [1.165, 1.54) is 18.2 Å². The normalized spacial score (nSPS) is 11.4. The fourth-order valence-corrected chi connectivity index (χ4v) is 1.70. The second-order valence-corrected chi connectivity index (χ2v) is 5.06. The topological polar surface area (TPSA) is 45.7 Å². The van der Waals surface area contributed by atoms with E-state index in [4.69, 9.17) is 0 Å². The number of halogens is 4. The van der Waals surface area contributed by atoms with E-state index in [0.29, 0.717) is 25.0 Å². The van der Waals surface area contributed by atoms with Gasteiger partial charge in [0.2, 0.25) is 0 Å². The molecule has 0 heterocycles. The first-order valence-electron chi connectivity index (χ1n) is 7.18. The van der Waals surface area contributed by atoms with Crippen molar-refractivity contribution in [1.29, 1.82) is 0 Å². The van der Waals surface area contributed by atoms with E-state index in [1.807, 2.05) is 20.8 Å². The summed E-state index contributed by atoms with van der Waals surface area (Å²) in [5.41, 5.74) is 0.00421. The number of rotatable bonds is 7. The highest BCUT2D eigenvalue weighted by atomic mass is 127. The number of alkyl halides is 2. The summed E-state index contributed by atoms with van der Waals surface area (Å²) in [6.07, 6.45) is 0. The molecule has 0 aromatic heterocycles. The molecule has 0 spiro atoms. The van der Waals surface area contributed by atoms with Crippen molar-refractivity contribution < 1.29 is 17.9 Å².